The molecule has 0 unspecified atom stereocenters. The van der Waals surface area contributed by atoms with Gasteiger partial charge in [-0.2, -0.15) is 0 Å². The number of nitrogens with one attached hydrogen (secondary N) is 1. The van der Waals surface area contributed by atoms with E-state index in [2.05, 4.69) is 72.2 Å². The molecule has 1 atom stereocenters. The summed E-state index contributed by atoms with van der Waals surface area (Å²) in [5.41, 5.74) is 3.49. The molecule has 0 bridgehead atoms. The van der Waals surface area contributed by atoms with Crippen LogP contribution in [0.2, 0.25) is 0 Å². The summed E-state index contributed by atoms with van der Waals surface area (Å²) in [4.78, 5) is 18.5. The van der Waals surface area contributed by atoms with Gasteiger partial charge < -0.3 is 9.40 Å². The van der Waals surface area contributed by atoms with Gasteiger partial charge in [0.15, 0.2) is 5.82 Å². The van der Waals surface area contributed by atoms with E-state index in [0.29, 0.717) is 18.7 Å². The van der Waals surface area contributed by atoms with Crippen molar-refractivity contribution in [2.24, 2.45) is 0 Å². The number of pyridine rings is 1. The van der Waals surface area contributed by atoms with Gasteiger partial charge in [-0.05, 0) is 86.7 Å². The Morgan fingerprint density at radius 1 is 1.18 bits per heavy atom. The van der Waals surface area contributed by atoms with Crippen LogP contribution in [0.3, 0.4) is 0 Å². The Bertz CT molecular complexity index is 1310. The van der Waals surface area contributed by atoms with Gasteiger partial charge in [0.2, 0.25) is 0 Å². The molecule has 4 rings (SSSR count). The molecule has 180 valence electrons. The molecule has 0 radical (unpaired) electrons. The van der Waals surface area contributed by atoms with Gasteiger partial charge in [0, 0.05) is 12.1 Å². The molecule has 0 aliphatic rings. The molecular formula is C26H34N6O2. The van der Waals surface area contributed by atoms with Crippen molar-refractivity contribution in [1.29, 1.82) is 0 Å². The van der Waals surface area contributed by atoms with Gasteiger partial charge >= 0.3 is 0 Å². The van der Waals surface area contributed by atoms with Crippen molar-refractivity contribution in [3.8, 4) is 0 Å². The van der Waals surface area contributed by atoms with Crippen LogP contribution in [0.15, 0.2) is 45.8 Å². The highest BCUT2D eigenvalue weighted by Crippen LogP contribution is 2.30. The third kappa shape index (κ3) is 4.97. The monoisotopic (exact) mass is 462 g/mol. The summed E-state index contributed by atoms with van der Waals surface area (Å²) in [5, 5.41) is 13.8. The quantitative estimate of drug-likeness (QED) is 0.395. The predicted octanol–water partition coefficient (Wildman–Crippen LogP) is 5.02. The number of fused-ring (bicyclic) bond motifs is 1. The number of hydrogen-bond acceptors (Lipinski definition) is 6. The Kier molecular flexibility index (Phi) is 6.70. The first-order chi connectivity index (χ1) is 16.2. The van der Waals surface area contributed by atoms with Gasteiger partial charge in [-0.25, -0.2) is 4.68 Å². The maximum Gasteiger partial charge on any atom is 0.252 e. The highest BCUT2D eigenvalue weighted by molar-refractivity contribution is 5.82. The third-order valence-corrected chi connectivity index (χ3v) is 6.11. The van der Waals surface area contributed by atoms with E-state index in [1.807, 2.05) is 29.8 Å². The van der Waals surface area contributed by atoms with Crippen molar-refractivity contribution in [1.82, 2.24) is 30.1 Å². The van der Waals surface area contributed by atoms with E-state index in [-0.39, 0.29) is 17.1 Å². The van der Waals surface area contributed by atoms with Gasteiger partial charge in [0.05, 0.1) is 29.9 Å². The van der Waals surface area contributed by atoms with Gasteiger partial charge in [-0.1, -0.05) is 25.0 Å². The lowest BCUT2D eigenvalue weighted by Gasteiger charge is -2.32. The Balaban J connectivity index is 1.79. The molecule has 0 amide bonds. The summed E-state index contributed by atoms with van der Waals surface area (Å²) in [5.74, 6) is 1.63. The molecule has 0 fully saturated rings. The highest BCUT2D eigenvalue weighted by Gasteiger charge is 2.30. The van der Waals surface area contributed by atoms with Gasteiger partial charge in [0.1, 0.15) is 5.76 Å². The van der Waals surface area contributed by atoms with Crippen LogP contribution in [-0.2, 0) is 18.6 Å². The number of benzene rings is 1. The van der Waals surface area contributed by atoms with E-state index < -0.39 is 0 Å². The van der Waals surface area contributed by atoms with E-state index in [9.17, 15) is 4.79 Å². The normalized spacial score (nSPS) is 13.1. The molecule has 0 saturated heterocycles. The number of nitrogens with zero attached hydrogens (tertiary/aromatic N) is 5. The Morgan fingerprint density at radius 3 is 2.65 bits per heavy atom. The van der Waals surface area contributed by atoms with Crippen molar-refractivity contribution in [2.75, 3.05) is 0 Å². The van der Waals surface area contributed by atoms with Crippen LogP contribution in [0, 0.1) is 13.8 Å². The average molecular weight is 463 g/mol. The zero-order valence-corrected chi connectivity index (χ0v) is 20.9. The lowest BCUT2D eigenvalue weighted by atomic mass is 10.0. The molecule has 34 heavy (non-hydrogen) atoms. The summed E-state index contributed by atoms with van der Waals surface area (Å²) < 4.78 is 7.58. The first-order valence-corrected chi connectivity index (χ1v) is 11.9. The Morgan fingerprint density at radius 2 is 1.97 bits per heavy atom. The number of aromatic nitrogens is 5. The third-order valence-electron chi connectivity index (χ3n) is 6.11. The first kappa shape index (κ1) is 23.9. The zero-order chi connectivity index (χ0) is 24.5. The minimum absolute atomic E-state index is 0.0745. The molecule has 0 aliphatic carbocycles. The molecule has 4 aromatic rings. The van der Waals surface area contributed by atoms with Crippen molar-refractivity contribution in [3.63, 3.8) is 0 Å². The molecule has 8 heteroatoms. The van der Waals surface area contributed by atoms with E-state index >= 15 is 0 Å². The van der Waals surface area contributed by atoms with Crippen LogP contribution in [0.1, 0.15) is 74.9 Å². The standard InChI is InChI=1S/C26H34N6O2/c1-7-9-22(24-28-29-30-32(24)26(4,5)6)31(16-21-10-8-11-34-21)15-20-14-19-13-17(2)12-18(3)23(19)27-25(20)33/h8,10-14,22H,7,9,15-16H2,1-6H3,(H,27,33)/t22-/m0/s1. The topological polar surface area (TPSA) is 92.8 Å². The van der Waals surface area contributed by atoms with E-state index in [0.717, 1.165) is 40.9 Å². The van der Waals surface area contributed by atoms with E-state index in [1.54, 1.807) is 6.26 Å². The van der Waals surface area contributed by atoms with Crippen LogP contribution in [-0.4, -0.2) is 30.1 Å². The smallest absolute Gasteiger partial charge is 0.252 e. The van der Waals surface area contributed by atoms with Gasteiger partial charge in [-0.15, -0.1) is 5.10 Å². The predicted molar refractivity (Wildman–Crippen MR) is 132 cm³/mol. The number of hydrogen-bond donors (Lipinski definition) is 1. The maximum atomic E-state index is 13.2. The number of aryl methyl sites for hydroxylation is 2. The molecule has 1 N–H and O–H groups in total. The number of aromatic amines is 1. The lowest BCUT2D eigenvalue weighted by Crippen LogP contribution is -2.35. The summed E-state index contributed by atoms with van der Waals surface area (Å²) in [7, 11) is 0. The summed E-state index contributed by atoms with van der Waals surface area (Å²) in [6, 6.07) is 9.97. The van der Waals surface area contributed by atoms with E-state index in [1.165, 1.54) is 5.56 Å². The van der Waals surface area contributed by atoms with Crippen molar-refractivity contribution >= 4 is 10.9 Å². The number of rotatable bonds is 8. The fourth-order valence-corrected chi connectivity index (χ4v) is 4.58. The number of tetrazole rings is 1. The molecule has 0 aliphatic heterocycles. The summed E-state index contributed by atoms with van der Waals surface area (Å²) in [6.45, 7) is 13.5. The van der Waals surface area contributed by atoms with Crippen LogP contribution in [0.25, 0.3) is 10.9 Å². The molecule has 8 nitrogen and oxygen atoms in total. The van der Waals surface area contributed by atoms with Gasteiger partial charge in [0.25, 0.3) is 5.56 Å². The fraction of sp³-hybridized carbons (Fsp3) is 0.462. The average Bonchev–Trinajstić information content (AvgIpc) is 3.44. The molecule has 0 spiro atoms. The largest absolute Gasteiger partial charge is 0.468 e. The number of furan rings is 1. The molecule has 3 aromatic heterocycles. The van der Waals surface area contributed by atoms with Gasteiger partial charge in [-0.3, -0.25) is 9.69 Å². The second-order valence-electron chi connectivity index (χ2n) is 10.1. The summed E-state index contributed by atoms with van der Waals surface area (Å²) in [6.07, 6.45) is 3.47. The summed E-state index contributed by atoms with van der Waals surface area (Å²) >= 11 is 0. The zero-order valence-electron chi connectivity index (χ0n) is 20.9. The molecule has 3 heterocycles. The Labute approximate surface area is 200 Å². The van der Waals surface area contributed by atoms with Crippen molar-refractivity contribution < 1.29 is 4.42 Å². The second-order valence-corrected chi connectivity index (χ2v) is 10.1. The SMILES string of the molecule is CCC[C@@H](c1nnnn1C(C)(C)C)N(Cc1ccco1)Cc1cc2cc(C)cc(C)c2[nH]c1=O. The van der Waals surface area contributed by atoms with Crippen LogP contribution in [0.5, 0.6) is 0 Å². The second kappa shape index (κ2) is 9.54. The van der Waals surface area contributed by atoms with E-state index in [4.69, 9.17) is 4.42 Å². The fourth-order valence-electron chi connectivity index (χ4n) is 4.58. The van der Waals surface area contributed by atoms with Crippen molar-refractivity contribution in [2.45, 2.75) is 79.1 Å². The molecule has 1 aromatic carbocycles. The van der Waals surface area contributed by atoms with Crippen LogP contribution < -0.4 is 5.56 Å². The Hall–Kier alpha value is -3.26. The van der Waals surface area contributed by atoms with Crippen molar-refractivity contribution in [3.05, 3.63) is 75.2 Å². The molecule has 0 saturated carbocycles. The number of H-pyrrole nitrogens is 1. The minimum atomic E-state index is -0.267. The lowest BCUT2D eigenvalue weighted by molar-refractivity contribution is 0.138. The van der Waals surface area contributed by atoms with Crippen LogP contribution in [0.4, 0.5) is 0 Å². The maximum absolute atomic E-state index is 13.2. The first-order valence-electron chi connectivity index (χ1n) is 11.9. The van der Waals surface area contributed by atoms with Crippen LogP contribution >= 0.6 is 0 Å². The molecular weight excluding hydrogens is 428 g/mol. The highest BCUT2D eigenvalue weighted by atomic mass is 16.3. The minimum Gasteiger partial charge on any atom is -0.468 e.